The Balaban J connectivity index is 1.47. The molecule has 0 fully saturated rings. The van der Waals surface area contributed by atoms with Gasteiger partial charge in [0.15, 0.2) is 0 Å². The van der Waals surface area contributed by atoms with E-state index in [0.29, 0.717) is 41.7 Å². The van der Waals surface area contributed by atoms with Crippen molar-refractivity contribution >= 4 is 23.7 Å². The second kappa shape index (κ2) is 10.8. The van der Waals surface area contributed by atoms with Gasteiger partial charge in [0, 0.05) is 29.9 Å². The summed E-state index contributed by atoms with van der Waals surface area (Å²) < 4.78 is 11.5. The molecule has 1 aromatic heterocycles. The summed E-state index contributed by atoms with van der Waals surface area (Å²) in [6.45, 7) is 0.959. The average Bonchev–Trinajstić information content (AvgIpc) is 2.76. The van der Waals surface area contributed by atoms with Gasteiger partial charge in [-0.2, -0.15) is 5.10 Å². The molecule has 1 N–H and O–H groups in total. The van der Waals surface area contributed by atoms with Crippen molar-refractivity contribution in [1.29, 1.82) is 0 Å². The van der Waals surface area contributed by atoms with Gasteiger partial charge in [-0.15, -0.1) is 0 Å². The number of carbonyl (C=O) groups is 1. The molecule has 0 aliphatic heterocycles. The van der Waals surface area contributed by atoms with Crippen molar-refractivity contribution in [3.63, 3.8) is 0 Å². The molecule has 0 saturated carbocycles. The van der Waals surface area contributed by atoms with Gasteiger partial charge in [0.05, 0.1) is 24.5 Å². The van der Waals surface area contributed by atoms with Crippen molar-refractivity contribution < 1.29 is 14.3 Å². The Labute approximate surface area is 174 Å². The van der Waals surface area contributed by atoms with Gasteiger partial charge in [-0.3, -0.25) is 9.78 Å². The lowest BCUT2D eigenvalue weighted by atomic mass is 10.2. The highest BCUT2D eigenvalue weighted by Gasteiger charge is 2.04. The predicted molar refractivity (Wildman–Crippen MR) is 113 cm³/mol. The minimum atomic E-state index is -0.307. The molecule has 0 aliphatic carbocycles. The first kappa shape index (κ1) is 20.4. The minimum Gasteiger partial charge on any atom is -0.493 e. The largest absolute Gasteiger partial charge is 0.493 e. The number of pyridine rings is 1. The molecule has 1 amide bonds. The Bertz CT molecular complexity index is 964. The Morgan fingerprint density at radius 1 is 0.966 bits per heavy atom. The fourth-order valence-corrected chi connectivity index (χ4v) is 2.62. The van der Waals surface area contributed by atoms with Crippen LogP contribution in [-0.2, 0) is 0 Å². The summed E-state index contributed by atoms with van der Waals surface area (Å²) in [5.74, 6) is 1.03. The fourth-order valence-electron chi connectivity index (χ4n) is 2.43. The van der Waals surface area contributed by atoms with Gasteiger partial charge in [0.1, 0.15) is 11.5 Å². The molecule has 0 atom stereocenters. The number of ether oxygens (including phenoxy) is 2. The molecule has 0 radical (unpaired) electrons. The van der Waals surface area contributed by atoms with Crippen LogP contribution >= 0.6 is 11.6 Å². The average molecular weight is 410 g/mol. The van der Waals surface area contributed by atoms with Crippen molar-refractivity contribution in [2.24, 2.45) is 5.10 Å². The van der Waals surface area contributed by atoms with E-state index in [4.69, 9.17) is 21.1 Å². The number of nitrogens with one attached hydrogen (secondary N) is 1. The quantitative estimate of drug-likeness (QED) is 0.324. The molecule has 2 aromatic carbocycles. The van der Waals surface area contributed by atoms with Crippen molar-refractivity contribution in [1.82, 2.24) is 10.4 Å². The Morgan fingerprint density at radius 2 is 1.62 bits per heavy atom. The van der Waals surface area contributed by atoms with Crippen LogP contribution in [0.3, 0.4) is 0 Å². The number of hydrogen-bond acceptors (Lipinski definition) is 5. The summed E-state index contributed by atoms with van der Waals surface area (Å²) >= 11 is 6.06. The van der Waals surface area contributed by atoms with Crippen LogP contribution in [0.15, 0.2) is 78.2 Å². The maximum atomic E-state index is 12.0. The lowest BCUT2D eigenvalue weighted by molar-refractivity contribution is 0.0955. The number of aromatic nitrogens is 1. The van der Waals surface area contributed by atoms with Crippen LogP contribution in [0.25, 0.3) is 0 Å². The summed E-state index contributed by atoms with van der Waals surface area (Å²) in [5.41, 5.74) is 3.73. The zero-order chi connectivity index (χ0) is 20.3. The summed E-state index contributed by atoms with van der Waals surface area (Å²) in [5, 5.41) is 4.59. The van der Waals surface area contributed by atoms with Gasteiger partial charge in [0.25, 0.3) is 5.91 Å². The molecule has 0 saturated heterocycles. The third-order valence-corrected chi connectivity index (χ3v) is 4.18. The highest BCUT2D eigenvalue weighted by Crippen LogP contribution is 2.23. The first-order valence-electron chi connectivity index (χ1n) is 9.06. The SMILES string of the molecule is O=C(N/N=C/c1ccccc1OCCCOc1ccccc1Cl)c1ccncc1. The molecule has 6 nitrogen and oxygen atoms in total. The minimum absolute atomic E-state index is 0.307. The second-order valence-electron chi connectivity index (χ2n) is 5.95. The molecule has 0 aliphatic rings. The molecular formula is C22H20ClN3O3. The molecular weight excluding hydrogens is 390 g/mol. The van der Waals surface area contributed by atoms with Crippen molar-refractivity contribution in [3.05, 3.63) is 89.2 Å². The monoisotopic (exact) mass is 409 g/mol. The standard InChI is InChI=1S/C22H20ClN3O3/c23-19-7-2-4-9-21(19)29-15-5-14-28-20-8-3-1-6-18(20)16-25-26-22(27)17-10-12-24-13-11-17/h1-4,6-13,16H,5,14-15H2,(H,26,27)/b25-16+. The van der Waals surface area contributed by atoms with E-state index in [9.17, 15) is 4.79 Å². The van der Waals surface area contributed by atoms with E-state index in [1.807, 2.05) is 42.5 Å². The number of hydrogen-bond donors (Lipinski definition) is 1. The molecule has 1 heterocycles. The van der Waals surface area contributed by atoms with Gasteiger partial charge in [0.2, 0.25) is 0 Å². The van der Waals surface area contributed by atoms with Gasteiger partial charge in [-0.1, -0.05) is 35.9 Å². The molecule has 3 aromatic rings. The van der Waals surface area contributed by atoms with Crippen LogP contribution in [0.1, 0.15) is 22.3 Å². The summed E-state index contributed by atoms with van der Waals surface area (Å²) in [7, 11) is 0. The third-order valence-electron chi connectivity index (χ3n) is 3.87. The Morgan fingerprint density at radius 3 is 2.38 bits per heavy atom. The number of carbonyl (C=O) groups excluding carboxylic acids is 1. The molecule has 148 valence electrons. The third kappa shape index (κ3) is 6.33. The van der Waals surface area contributed by atoms with Crippen LogP contribution < -0.4 is 14.9 Å². The smallest absolute Gasteiger partial charge is 0.271 e. The molecule has 0 unspecified atom stereocenters. The number of hydrazone groups is 1. The number of rotatable bonds is 9. The van der Waals surface area contributed by atoms with Crippen molar-refractivity contribution in [2.45, 2.75) is 6.42 Å². The van der Waals surface area contributed by atoms with E-state index >= 15 is 0 Å². The number of para-hydroxylation sites is 2. The van der Waals surface area contributed by atoms with Gasteiger partial charge in [-0.25, -0.2) is 5.43 Å². The molecule has 29 heavy (non-hydrogen) atoms. The van der Waals surface area contributed by atoms with E-state index in [0.717, 1.165) is 5.56 Å². The Hall–Kier alpha value is -3.38. The molecule has 0 bridgehead atoms. The molecule has 0 spiro atoms. The zero-order valence-corrected chi connectivity index (χ0v) is 16.4. The lowest BCUT2D eigenvalue weighted by Gasteiger charge is -2.10. The normalized spacial score (nSPS) is 10.7. The van der Waals surface area contributed by atoms with Gasteiger partial charge < -0.3 is 9.47 Å². The summed E-state index contributed by atoms with van der Waals surface area (Å²) in [6.07, 6.45) is 5.35. The van der Waals surface area contributed by atoms with Crippen LogP contribution in [0.5, 0.6) is 11.5 Å². The first-order chi connectivity index (χ1) is 14.2. The Kier molecular flexibility index (Phi) is 7.60. The number of benzene rings is 2. The van der Waals surface area contributed by atoms with Gasteiger partial charge in [-0.05, 0) is 36.4 Å². The predicted octanol–water partition coefficient (Wildman–Crippen LogP) is 4.35. The topological polar surface area (TPSA) is 72.8 Å². The summed E-state index contributed by atoms with van der Waals surface area (Å²) in [4.78, 5) is 15.9. The second-order valence-corrected chi connectivity index (χ2v) is 6.36. The van der Waals surface area contributed by atoms with Crippen molar-refractivity contribution in [3.8, 4) is 11.5 Å². The number of halogens is 1. The number of amides is 1. The lowest BCUT2D eigenvalue weighted by Crippen LogP contribution is -2.17. The van der Waals surface area contributed by atoms with E-state index in [2.05, 4.69) is 15.5 Å². The van der Waals surface area contributed by atoms with E-state index < -0.39 is 0 Å². The van der Waals surface area contributed by atoms with E-state index in [1.165, 1.54) is 0 Å². The van der Waals surface area contributed by atoms with Crippen molar-refractivity contribution in [2.75, 3.05) is 13.2 Å². The highest BCUT2D eigenvalue weighted by molar-refractivity contribution is 6.32. The fraction of sp³-hybridized carbons (Fsp3) is 0.136. The molecule has 7 heteroatoms. The van der Waals surface area contributed by atoms with E-state index in [1.54, 1.807) is 36.8 Å². The summed E-state index contributed by atoms with van der Waals surface area (Å²) in [6, 6.07) is 18.0. The maximum absolute atomic E-state index is 12.0. The molecule has 3 rings (SSSR count). The van der Waals surface area contributed by atoms with Crippen LogP contribution in [0.4, 0.5) is 0 Å². The maximum Gasteiger partial charge on any atom is 0.271 e. The highest BCUT2D eigenvalue weighted by atomic mass is 35.5. The van der Waals surface area contributed by atoms with Crippen LogP contribution in [0.2, 0.25) is 5.02 Å². The van der Waals surface area contributed by atoms with E-state index in [-0.39, 0.29) is 5.91 Å². The van der Waals surface area contributed by atoms with Gasteiger partial charge >= 0.3 is 0 Å². The first-order valence-corrected chi connectivity index (χ1v) is 9.44. The van der Waals surface area contributed by atoms with Crippen LogP contribution in [0, 0.1) is 0 Å². The zero-order valence-electron chi connectivity index (χ0n) is 15.6. The van der Waals surface area contributed by atoms with Crippen LogP contribution in [-0.4, -0.2) is 30.3 Å². The number of nitrogens with zero attached hydrogens (tertiary/aromatic N) is 2.